The molecule has 0 aliphatic heterocycles. The van der Waals surface area contributed by atoms with Crippen molar-refractivity contribution in [2.24, 2.45) is 7.05 Å². The summed E-state index contributed by atoms with van der Waals surface area (Å²) in [6.07, 6.45) is 4.61. The summed E-state index contributed by atoms with van der Waals surface area (Å²) in [6.45, 7) is 7.03. The number of ether oxygens (including phenoxy) is 1. The van der Waals surface area contributed by atoms with E-state index in [1.165, 1.54) is 0 Å². The summed E-state index contributed by atoms with van der Waals surface area (Å²) in [5, 5.41) is 2.11. The Labute approximate surface area is 203 Å². The largest absolute Gasteiger partial charge is 0.382 e. The lowest BCUT2D eigenvalue weighted by Crippen LogP contribution is -2.43. The highest BCUT2D eigenvalue weighted by Crippen LogP contribution is 2.18. The Hall–Kier alpha value is -3.12. The molecule has 0 fully saturated rings. The van der Waals surface area contributed by atoms with E-state index in [1.54, 1.807) is 4.90 Å². The van der Waals surface area contributed by atoms with E-state index >= 15 is 0 Å². The minimum absolute atomic E-state index is 0.0276. The Morgan fingerprint density at radius 2 is 1.68 bits per heavy atom. The maximum absolute atomic E-state index is 13.5. The maximum Gasteiger partial charge on any atom is 0.254 e. The monoisotopic (exact) mass is 463 g/mol. The van der Waals surface area contributed by atoms with Gasteiger partial charge in [0.15, 0.2) is 0 Å². The molecule has 0 saturated heterocycles. The molecule has 0 N–H and O–H groups in total. The molecular formula is C28H37N3O3. The lowest BCUT2D eigenvalue weighted by atomic mass is 10.1. The summed E-state index contributed by atoms with van der Waals surface area (Å²) in [5.41, 5.74) is 1.68. The fourth-order valence-electron chi connectivity index (χ4n) is 4.02. The van der Waals surface area contributed by atoms with E-state index in [0.717, 1.165) is 29.3 Å². The van der Waals surface area contributed by atoms with Crippen molar-refractivity contribution in [2.45, 2.75) is 39.7 Å². The molecule has 0 radical (unpaired) electrons. The first-order valence-corrected chi connectivity index (χ1v) is 12.3. The lowest BCUT2D eigenvalue weighted by molar-refractivity contribution is -0.132. The van der Waals surface area contributed by atoms with Crippen molar-refractivity contribution in [3.63, 3.8) is 0 Å². The normalized spacial score (nSPS) is 11.0. The van der Waals surface area contributed by atoms with E-state index in [0.29, 0.717) is 44.8 Å². The third-order valence-corrected chi connectivity index (χ3v) is 6.07. The van der Waals surface area contributed by atoms with Gasteiger partial charge in [-0.3, -0.25) is 9.59 Å². The van der Waals surface area contributed by atoms with Gasteiger partial charge in [0.2, 0.25) is 5.91 Å². The minimum Gasteiger partial charge on any atom is -0.382 e. The molecule has 0 saturated carbocycles. The zero-order chi connectivity index (χ0) is 24.3. The molecule has 0 unspecified atom stereocenters. The maximum atomic E-state index is 13.5. The van der Waals surface area contributed by atoms with Gasteiger partial charge in [-0.2, -0.15) is 0 Å². The highest BCUT2D eigenvalue weighted by molar-refractivity contribution is 6.00. The molecule has 1 heterocycles. The molecule has 3 aromatic rings. The van der Waals surface area contributed by atoms with E-state index in [2.05, 4.69) is 6.92 Å². The predicted octanol–water partition coefficient (Wildman–Crippen LogP) is 4.88. The second-order valence-electron chi connectivity index (χ2n) is 8.62. The van der Waals surface area contributed by atoms with Crippen molar-refractivity contribution in [1.29, 1.82) is 0 Å². The second kappa shape index (κ2) is 12.9. The molecule has 2 aromatic carbocycles. The van der Waals surface area contributed by atoms with Crippen LogP contribution in [0, 0.1) is 0 Å². The van der Waals surface area contributed by atoms with Crippen molar-refractivity contribution in [3.05, 3.63) is 72.1 Å². The third kappa shape index (κ3) is 6.94. The third-order valence-electron chi connectivity index (χ3n) is 6.07. The first kappa shape index (κ1) is 25.5. The first-order chi connectivity index (χ1) is 16.5. The van der Waals surface area contributed by atoms with Crippen LogP contribution in [0.1, 0.15) is 49.2 Å². The number of carbonyl (C=O) groups is 2. The van der Waals surface area contributed by atoms with Gasteiger partial charge in [-0.05, 0) is 54.8 Å². The Kier molecular flexibility index (Phi) is 9.71. The van der Waals surface area contributed by atoms with Crippen molar-refractivity contribution < 1.29 is 14.3 Å². The van der Waals surface area contributed by atoms with Gasteiger partial charge in [0, 0.05) is 50.8 Å². The molecule has 3 rings (SSSR count). The topological polar surface area (TPSA) is 54.8 Å². The summed E-state index contributed by atoms with van der Waals surface area (Å²) in [5.74, 6) is -0.148. The Morgan fingerprint density at radius 3 is 2.38 bits per heavy atom. The molecule has 2 amide bonds. The number of fused-ring (bicyclic) bond motifs is 1. The Morgan fingerprint density at radius 1 is 0.912 bits per heavy atom. The lowest BCUT2D eigenvalue weighted by Gasteiger charge is -2.28. The van der Waals surface area contributed by atoms with Crippen LogP contribution in [0.5, 0.6) is 0 Å². The van der Waals surface area contributed by atoms with E-state index in [1.807, 2.05) is 84.2 Å². The van der Waals surface area contributed by atoms with Gasteiger partial charge in [-0.15, -0.1) is 0 Å². The SMILES string of the molecule is CCCCN(Cc1cccn1C)C(=O)CN(CCCOCC)C(=O)c1ccc2ccccc2c1. The molecular weight excluding hydrogens is 426 g/mol. The van der Waals surface area contributed by atoms with Crippen LogP contribution in [0.25, 0.3) is 10.8 Å². The average molecular weight is 464 g/mol. The number of hydrogen-bond acceptors (Lipinski definition) is 3. The highest BCUT2D eigenvalue weighted by Gasteiger charge is 2.23. The van der Waals surface area contributed by atoms with Crippen LogP contribution in [0.3, 0.4) is 0 Å². The fourth-order valence-corrected chi connectivity index (χ4v) is 4.02. The molecule has 6 heteroatoms. The van der Waals surface area contributed by atoms with Crippen molar-refractivity contribution in [3.8, 4) is 0 Å². The minimum atomic E-state index is -0.120. The van der Waals surface area contributed by atoms with Crippen LogP contribution in [0.4, 0.5) is 0 Å². The summed E-state index contributed by atoms with van der Waals surface area (Å²) < 4.78 is 7.51. The molecule has 1 aromatic heterocycles. The van der Waals surface area contributed by atoms with Crippen LogP contribution in [-0.2, 0) is 23.1 Å². The molecule has 0 aliphatic rings. The van der Waals surface area contributed by atoms with Crippen LogP contribution in [0.15, 0.2) is 60.8 Å². The van der Waals surface area contributed by atoms with E-state index in [9.17, 15) is 9.59 Å². The van der Waals surface area contributed by atoms with Gasteiger partial charge in [-0.1, -0.05) is 43.7 Å². The number of hydrogen-bond donors (Lipinski definition) is 0. The molecule has 0 aliphatic carbocycles. The van der Waals surface area contributed by atoms with Gasteiger partial charge in [0.05, 0.1) is 6.54 Å². The zero-order valence-electron chi connectivity index (χ0n) is 20.7. The molecule has 0 bridgehead atoms. The number of aryl methyl sites for hydroxylation is 1. The average Bonchev–Trinajstić information content (AvgIpc) is 3.26. The molecule has 0 spiro atoms. The van der Waals surface area contributed by atoms with Crippen molar-refractivity contribution in [1.82, 2.24) is 14.4 Å². The van der Waals surface area contributed by atoms with Gasteiger partial charge in [-0.25, -0.2) is 0 Å². The van der Waals surface area contributed by atoms with Gasteiger partial charge < -0.3 is 19.1 Å². The molecule has 182 valence electrons. The molecule has 6 nitrogen and oxygen atoms in total. The van der Waals surface area contributed by atoms with Gasteiger partial charge in [0.1, 0.15) is 6.54 Å². The van der Waals surface area contributed by atoms with Crippen LogP contribution >= 0.6 is 0 Å². The van der Waals surface area contributed by atoms with Crippen LogP contribution in [-0.4, -0.2) is 59.0 Å². The van der Waals surface area contributed by atoms with Gasteiger partial charge >= 0.3 is 0 Å². The summed E-state index contributed by atoms with van der Waals surface area (Å²) in [6, 6.07) is 17.7. The van der Waals surface area contributed by atoms with Crippen molar-refractivity contribution in [2.75, 3.05) is 32.8 Å². The number of carbonyl (C=O) groups excluding carboxylic acids is 2. The number of benzene rings is 2. The number of unbranched alkanes of at least 4 members (excludes halogenated alkanes) is 1. The molecule has 34 heavy (non-hydrogen) atoms. The highest BCUT2D eigenvalue weighted by atomic mass is 16.5. The number of nitrogens with zero attached hydrogens (tertiary/aromatic N) is 3. The standard InChI is InChI=1S/C28H37N3O3/c1-4-6-17-30(21-26-13-9-16-29(26)3)27(32)22-31(18-10-19-34-5-2)28(33)25-15-14-23-11-7-8-12-24(23)20-25/h7-9,11-16,20H,4-6,10,17-19,21-22H2,1-3H3. The van der Waals surface area contributed by atoms with Gasteiger partial charge in [0.25, 0.3) is 5.91 Å². The predicted molar refractivity (Wildman–Crippen MR) is 137 cm³/mol. The quantitative estimate of drug-likeness (QED) is 0.340. The number of rotatable bonds is 13. The Bertz CT molecular complexity index is 1080. The van der Waals surface area contributed by atoms with E-state index in [-0.39, 0.29) is 18.4 Å². The van der Waals surface area contributed by atoms with E-state index in [4.69, 9.17) is 4.74 Å². The fraction of sp³-hybridized carbons (Fsp3) is 0.429. The zero-order valence-corrected chi connectivity index (χ0v) is 20.7. The summed E-state index contributed by atoms with van der Waals surface area (Å²) >= 11 is 0. The van der Waals surface area contributed by atoms with Crippen LogP contribution in [0.2, 0.25) is 0 Å². The van der Waals surface area contributed by atoms with E-state index < -0.39 is 0 Å². The number of aromatic nitrogens is 1. The smallest absolute Gasteiger partial charge is 0.254 e. The summed E-state index contributed by atoms with van der Waals surface area (Å²) in [7, 11) is 1.99. The van der Waals surface area contributed by atoms with Crippen LogP contribution < -0.4 is 0 Å². The summed E-state index contributed by atoms with van der Waals surface area (Å²) in [4.78, 5) is 30.5. The van der Waals surface area contributed by atoms with Crippen molar-refractivity contribution >= 4 is 22.6 Å². The molecule has 0 atom stereocenters. The first-order valence-electron chi connectivity index (χ1n) is 12.3. The second-order valence-corrected chi connectivity index (χ2v) is 8.62. The number of amides is 2. The Balaban J connectivity index is 1.78.